The summed E-state index contributed by atoms with van der Waals surface area (Å²) < 4.78 is 0. The third kappa shape index (κ3) is 4.00. The molecule has 5 nitrogen and oxygen atoms in total. The quantitative estimate of drug-likeness (QED) is 0.737. The molecule has 1 heterocycles. The Labute approximate surface area is 102 Å². The van der Waals surface area contributed by atoms with E-state index in [0.29, 0.717) is 6.42 Å². The number of hydrogen-bond donors (Lipinski definition) is 1. The van der Waals surface area contributed by atoms with Crippen LogP contribution < -0.4 is 0 Å². The van der Waals surface area contributed by atoms with Crippen LogP contribution in [-0.2, 0) is 9.59 Å². The summed E-state index contributed by atoms with van der Waals surface area (Å²) in [6.07, 6.45) is 1.42. The first-order valence-corrected chi connectivity index (χ1v) is 6.07. The van der Waals surface area contributed by atoms with E-state index in [0.717, 1.165) is 26.1 Å². The number of hydrogen-bond acceptors (Lipinski definition) is 3. The average molecular weight is 242 g/mol. The van der Waals surface area contributed by atoms with Crippen molar-refractivity contribution < 1.29 is 14.7 Å². The average Bonchev–Trinajstić information content (AvgIpc) is 2.19. The molecular weight excluding hydrogens is 220 g/mol. The Morgan fingerprint density at radius 2 is 2.00 bits per heavy atom. The van der Waals surface area contributed by atoms with Gasteiger partial charge in [-0.2, -0.15) is 0 Å². The maximum absolute atomic E-state index is 11.3. The van der Waals surface area contributed by atoms with Crippen molar-refractivity contribution in [2.45, 2.75) is 19.8 Å². The summed E-state index contributed by atoms with van der Waals surface area (Å²) in [7, 11) is 3.52. The molecule has 1 atom stereocenters. The molecule has 0 spiro atoms. The highest BCUT2D eigenvalue weighted by atomic mass is 16.4. The van der Waals surface area contributed by atoms with Gasteiger partial charge in [-0.05, 0) is 18.9 Å². The third-order valence-corrected chi connectivity index (χ3v) is 3.45. The first-order chi connectivity index (χ1) is 7.91. The van der Waals surface area contributed by atoms with E-state index in [1.807, 2.05) is 0 Å². The summed E-state index contributed by atoms with van der Waals surface area (Å²) >= 11 is 0. The standard InChI is InChI=1S/C12H22N2O3/c1-9(12(16)17)10-7-14(8-10)6-4-5-11(15)13(2)3/h9-10H,4-8H2,1-3H3,(H,16,17). The van der Waals surface area contributed by atoms with Crippen LogP contribution in [0.3, 0.4) is 0 Å². The zero-order chi connectivity index (χ0) is 13.0. The van der Waals surface area contributed by atoms with Gasteiger partial charge in [0.15, 0.2) is 0 Å². The molecule has 17 heavy (non-hydrogen) atoms. The molecule has 98 valence electrons. The molecule has 1 rings (SSSR count). The summed E-state index contributed by atoms with van der Waals surface area (Å²) in [5.74, 6) is -0.537. The largest absolute Gasteiger partial charge is 0.481 e. The zero-order valence-electron chi connectivity index (χ0n) is 10.8. The lowest BCUT2D eigenvalue weighted by molar-refractivity contribution is -0.145. The van der Waals surface area contributed by atoms with Crippen molar-refractivity contribution in [1.29, 1.82) is 0 Å². The maximum atomic E-state index is 11.3. The lowest BCUT2D eigenvalue weighted by Crippen LogP contribution is -2.51. The molecule has 0 saturated carbocycles. The fourth-order valence-corrected chi connectivity index (χ4v) is 1.99. The van der Waals surface area contributed by atoms with Crippen LogP contribution in [0.5, 0.6) is 0 Å². The van der Waals surface area contributed by atoms with Gasteiger partial charge in [-0.25, -0.2) is 0 Å². The van der Waals surface area contributed by atoms with Gasteiger partial charge in [-0.1, -0.05) is 6.92 Å². The SMILES string of the molecule is CC(C(=O)O)C1CN(CCCC(=O)N(C)C)C1. The summed E-state index contributed by atoms with van der Waals surface area (Å²) in [6.45, 7) is 4.36. The van der Waals surface area contributed by atoms with Gasteiger partial charge in [0.1, 0.15) is 0 Å². The molecule has 0 aromatic heterocycles. The lowest BCUT2D eigenvalue weighted by atomic mass is 9.87. The van der Waals surface area contributed by atoms with Crippen molar-refractivity contribution in [3.8, 4) is 0 Å². The molecule has 5 heteroatoms. The predicted octanol–water partition coefficient (Wildman–Crippen LogP) is 0.507. The minimum atomic E-state index is -0.711. The fraction of sp³-hybridized carbons (Fsp3) is 0.833. The Balaban J connectivity index is 2.10. The first-order valence-electron chi connectivity index (χ1n) is 6.07. The van der Waals surface area contributed by atoms with E-state index in [1.54, 1.807) is 25.9 Å². The monoisotopic (exact) mass is 242 g/mol. The fourth-order valence-electron chi connectivity index (χ4n) is 1.99. The number of aliphatic carboxylic acids is 1. The van der Waals surface area contributed by atoms with Crippen molar-refractivity contribution in [3.63, 3.8) is 0 Å². The summed E-state index contributed by atoms with van der Waals surface area (Å²) in [5.41, 5.74) is 0. The number of nitrogens with zero attached hydrogens (tertiary/aromatic N) is 2. The van der Waals surface area contributed by atoms with Gasteiger partial charge < -0.3 is 14.9 Å². The smallest absolute Gasteiger partial charge is 0.306 e. The Bertz CT molecular complexity index is 285. The van der Waals surface area contributed by atoms with Crippen LogP contribution in [0.25, 0.3) is 0 Å². The minimum Gasteiger partial charge on any atom is -0.481 e. The number of carboxylic acids is 1. The van der Waals surface area contributed by atoms with Gasteiger partial charge >= 0.3 is 5.97 Å². The molecular formula is C12H22N2O3. The van der Waals surface area contributed by atoms with Crippen LogP contribution >= 0.6 is 0 Å². The van der Waals surface area contributed by atoms with Crippen molar-refractivity contribution in [2.75, 3.05) is 33.7 Å². The van der Waals surface area contributed by atoms with E-state index < -0.39 is 5.97 Å². The van der Waals surface area contributed by atoms with E-state index in [2.05, 4.69) is 4.90 Å². The molecule has 1 fully saturated rings. The molecule has 1 unspecified atom stereocenters. The van der Waals surface area contributed by atoms with E-state index in [-0.39, 0.29) is 17.7 Å². The highest BCUT2D eigenvalue weighted by molar-refractivity contribution is 5.75. The van der Waals surface area contributed by atoms with Gasteiger partial charge in [-0.3, -0.25) is 9.59 Å². The van der Waals surface area contributed by atoms with Crippen molar-refractivity contribution in [2.24, 2.45) is 11.8 Å². The van der Waals surface area contributed by atoms with Crippen molar-refractivity contribution in [3.05, 3.63) is 0 Å². The van der Waals surface area contributed by atoms with Gasteiger partial charge in [-0.15, -0.1) is 0 Å². The van der Waals surface area contributed by atoms with Gasteiger partial charge in [0, 0.05) is 33.6 Å². The van der Waals surface area contributed by atoms with Gasteiger partial charge in [0.2, 0.25) is 5.91 Å². The molecule has 1 aliphatic heterocycles. The van der Waals surface area contributed by atoms with Crippen LogP contribution in [0, 0.1) is 11.8 Å². The van der Waals surface area contributed by atoms with E-state index in [4.69, 9.17) is 5.11 Å². The summed E-state index contributed by atoms with van der Waals surface area (Å²) in [6, 6.07) is 0. The number of amides is 1. The number of rotatable bonds is 6. The normalized spacial score (nSPS) is 18.5. The Morgan fingerprint density at radius 3 is 2.47 bits per heavy atom. The Morgan fingerprint density at radius 1 is 1.41 bits per heavy atom. The second-order valence-corrected chi connectivity index (χ2v) is 5.04. The molecule has 1 amide bonds. The van der Waals surface area contributed by atoms with Gasteiger partial charge in [0.25, 0.3) is 0 Å². The summed E-state index contributed by atoms with van der Waals surface area (Å²) in [4.78, 5) is 25.9. The summed E-state index contributed by atoms with van der Waals surface area (Å²) in [5, 5.41) is 8.84. The van der Waals surface area contributed by atoms with Crippen LogP contribution in [-0.4, -0.2) is 60.5 Å². The molecule has 1 N–H and O–H groups in total. The van der Waals surface area contributed by atoms with Crippen molar-refractivity contribution in [1.82, 2.24) is 9.80 Å². The van der Waals surface area contributed by atoms with E-state index >= 15 is 0 Å². The minimum absolute atomic E-state index is 0.154. The van der Waals surface area contributed by atoms with E-state index in [1.165, 1.54) is 0 Å². The highest BCUT2D eigenvalue weighted by Crippen LogP contribution is 2.24. The lowest BCUT2D eigenvalue weighted by Gasteiger charge is -2.41. The molecule has 0 aliphatic carbocycles. The van der Waals surface area contributed by atoms with Crippen LogP contribution in [0.15, 0.2) is 0 Å². The number of carbonyl (C=O) groups is 2. The maximum Gasteiger partial charge on any atom is 0.306 e. The van der Waals surface area contributed by atoms with Crippen LogP contribution in [0.1, 0.15) is 19.8 Å². The second kappa shape index (κ2) is 6.00. The zero-order valence-corrected chi connectivity index (χ0v) is 10.8. The molecule has 0 aromatic carbocycles. The Hall–Kier alpha value is -1.10. The molecule has 0 bridgehead atoms. The topological polar surface area (TPSA) is 60.9 Å². The van der Waals surface area contributed by atoms with Crippen molar-refractivity contribution >= 4 is 11.9 Å². The molecule has 0 aromatic rings. The van der Waals surface area contributed by atoms with Gasteiger partial charge in [0.05, 0.1) is 5.92 Å². The molecule has 1 aliphatic rings. The number of carboxylic acid groups (broad SMARTS) is 1. The second-order valence-electron chi connectivity index (χ2n) is 5.04. The van der Waals surface area contributed by atoms with Crippen LogP contribution in [0.2, 0.25) is 0 Å². The first kappa shape index (κ1) is 14.0. The highest BCUT2D eigenvalue weighted by Gasteiger charge is 2.34. The third-order valence-electron chi connectivity index (χ3n) is 3.45. The molecule has 1 saturated heterocycles. The van der Waals surface area contributed by atoms with Crippen LogP contribution in [0.4, 0.5) is 0 Å². The Kier molecular flexibility index (Phi) is 4.93. The predicted molar refractivity (Wildman–Crippen MR) is 64.7 cm³/mol. The van der Waals surface area contributed by atoms with E-state index in [9.17, 15) is 9.59 Å². The number of carbonyl (C=O) groups excluding carboxylic acids is 1. The molecule has 0 radical (unpaired) electrons. The number of likely N-dealkylation sites (tertiary alicyclic amines) is 1.